The molecule has 0 spiro atoms. The van der Waals surface area contributed by atoms with Gasteiger partial charge in [0.1, 0.15) is 0 Å². The average Bonchev–Trinajstić information content (AvgIpc) is 2.45. The Morgan fingerprint density at radius 1 is 1.40 bits per heavy atom. The lowest BCUT2D eigenvalue weighted by Gasteiger charge is -2.17. The molecule has 0 saturated heterocycles. The van der Waals surface area contributed by atoms with Crippen LogP contribution < -0.4 is 10.9 Å². The van der Waals surface area contributed by atoms with Gasteiger partial charge in [0.2, 0.25) is 0 Å². The Balaban J connectivity index is 2.26. The standard InChI is InChI=1S/C11H15B2O2/c1-11(2,3)12-9-5-4-8-7-15-13(14)10(8)6-9/h4-6,14H,7H2,1-3H3. The van der Waals surface area contributed by atoms with Crippen LogP contribution in [0.25, 0.3) is 0 Å². The Morgan fingerprint density at radius 3 is 2.80 bits per heavy atom. The van der Waals surface area contributed by atoms with E-state index in [-0.39, 0.29) is 5.31 Å². The van der Waals surface area contributed by atoms with Crippen LogP contribution >= 0.6 is 0 Å². The van der Waals surface area contributed by atoms with Gasteiger partial charge in [0.15, 0.2) is 7.28 Å². The third-order valence-electron chi connectivity index (χ3n) is 2.43. The molecule has 0 saturated carbocycles. The Morgan fingerprint density at radius 2 is 2.13 bits per heavy atom. The fourth-order valence-corrected chi connectivity index (χ4v) is 1.82. The van der Waals surface area contributed by atoms with Crippen molar-refractivity contribution in [3.05, 3.63) is 23.8 Å². The van der Waals surface area contributed by atoms with E-state index in [1.165, 1.54) is 0 Å². The SMILES string of the molecule is CC(C)(C)[B]c1ccc2c(c1)B(O)OC2. The molecule has 1 radical (unpaired) electrons. The van der Waals surface area contributed by atoms with E-state index in [1.54, 1.807) is 0 Å². The van der Waals surface area contributed by atoms with E-state index in [9.17, 15) is 5.02 Å². The van der Waals surface area contributed by atoms with Crippen molar-refractivity contribution in [2.24, 2.45) is 0 Å². The third-order valence-corrected chi connectivity index (χ3v) is 2.43. The molecule has 0 amide bonds. The zero-order chi connectivity index (χ0) is 11.1. The fraction of sp³-hybridized carbons (Fsp3) is 0.455. The van der Waals surface area contributed by atoms with Crippen LogP contribution in [0.15, 0.2) is 18.2 Å². The minimum atomic E-state index is -0.742. The van der Waals surface area contributed by atoms with Gasteiger partial charge in [-0.25, -0.2) is 0 Å². The maximum Gasteiger partial charge on any atom is 0.491 e. The van der Waals surface area contributed by atoms with Gasteiger partial charge >= 0.3 is 7.12 Å². The molecule has 1 aromatic rings. The average molecular weight is 201 g/mol. The first-order valence-electron chi connectivity index (χ1n) is 5.24. The minimum absolute atomic E-state index is 0.151. The van der Waals surface area contributed by atoms with Gasteiger partial charge in [0.25, 0.3) is 0 Å². The molecule has 15 heavy (non-hydrogen) atoms. The van der Waals surface area contributed by atoms with Gasteiger partial charge in [-0.3, -0.25) is 0 Å². The summed E-state index contributed by atoms with van der Waals surface area (Å²) >= 11 is 0. The predicted molar refractivity (Wildman–Crippen MR) is 63.9 cm³/mol. The summed E-state index contributed by atoms with van der Waals surface area (Å²) in [5, 5.41) is 9.72. The predicted octanol–water partition coefficient (Wildman–Crippen LogP) is 0.452. The van der Waals surface area contributed by atoms with Crippen LogP contribution in [0, 0.1) is 0 Å². The van der Waals surface area contributed by atoms with Crippen LogP contribution in [-0.2, 0) is 11.3 Å². The van der Waals surface area contributed by atoms with E-state index in [1.807, 2.05) is 12.1 Å². The summed E-state index contributed by atoms with van der Waals surface area (Å²) in [4.78, 5) is 0. The van der Waals surface area contributed by atoms with Crippen molar-refractivity contribution in [2.75, 3.05) is 0 Å². The van der Waals surface area contributed by atoms with Gasteiger partial charge in [-0.15, -0.1) is 0 Å². The van der Waals surface area contributed by atoms with Crippen LogP contribution in [0.3, 0.4) is 0 Å². The molecule has 0 aromatic heterocycles. The smallest absolute Gasteiger partial charge is 0.423 e. The minimum Gasteiger partial charge on any atom is -0.423 e. The molecule has 0 aliphatic carbocycles. The van der Waals surface area contributed by atoms with E-state index in [2.05, 4.69) is 34.1 Å². The van der Waals surface area contributed by atoms with Gasteiger partial charge in [0.05, 0.1) is 6.61 Å². The van der Waals surface area contributed by atoms with E-state index < -0.39 is 7.12 Å². The molecule has 4 heteroatoms. The highest BCUT2D eigenvalue weighted by atomic mass is 16.5. The topological polar surface area (TPSA) is 29.5 Å². The summed E-state index contributed by atoms with van der Waals surface area (Å²) in [6.07, 6.45) is 0. The Hall–Kier alpha value is -0.730. The maximum absolute atomic E-state index is 9.57. The molecule has 0 fully saturated rings. The number of hydrogen-bond acceptors (Lipinski definition) is 2. The molecule has 0 unspecified atom stereocenters. The monoisotopic (exact) mass is 201 g/mol. The molecule has 0 atom stereocenters. The number of benzene rings is 1. The van der Waals surface area contributed by atoms with Crippen molar-refractivity contribution >= 4 is 25.3 Å². The third kappa shape index (κ3) is 2.44. The molecule has 1 heterocycles. The summed E-state index contributed by atoms with van der Waals surface area (Å²) in [6, 6.07) is 6.12. The molecule has 2 rings (SSSR count). The lowest BCUT2D eigenvalue weighted by molar-refractivity contribution is 0.275. The summed E-state index contributed by atoms with van der Waals surface area (Å²) < 4.78 is 5.15. The Kier molecular flexibility index (Phi) is 2.65. The van der Waals surface area contributed by atoms with E-state index >= 15 is 0 Å². The van der Waals surface area contributed by atoms with Gasteiger partial charge in [-0.1, -0.05) is 49.7 Å². The lowest BCUT2D eigenvalue weighted by atomic mass is 9.51. The van der Waals surface area contributed by atoms with Gasteiger partial charge in [0, 0.05) is 0 Å². The Bertz CT molecular complexity index is 371. The second-order valence-corrected chi connectivity index (χ2v) is 5.13. The number of fused-ring (bicyclic) bond motifs is 1. The molecule has 1 aliphatic heterocycles. The van der Waals surface area contributed by atoms with Gasteiger partial charge < -0.3 is 9.68 Å². The first-order chi connectivity index (χ1) is 6.96. The van der Waals surface area contributed by atoms with Gasteiger partial charge in [-0.2, -0.15) is 0 Å². The quantitative estimate of drug-likeness (QED) is 0.668. The van der Waals surface area contributed by atoms with E-state index in [4.69, 9.17) is 4.65 Å². The summed E-state index contributed by atoms with van der Waals surface area (Å²) in [7, 11) is 1.45. The van der Waals surface area contributed by atoms with Crippen LogP contribution in [-0.4, -0.2) is 19.4 Å². The molecule has 77 valence electrons. The van der Waals surface area contributed by atoms with Crippen LogP contribution in [0.2, 0.25) is 5.31 Å². The second-order valence-electron chi connectivity index (χ2n) is 5.13. The van der Waals surface area contributed by atoms with Crippen molar-refractivity contribution in [1.29, 1.82) is 0 Å². The lowest BCUT2D eigenvalue weighted by Crippen LogP contribution is -2.33. The van der Waals surface area contributed by atoms with E-state index in [0.717, 1.165) is 16.5 Å². The molecular formula is C11H15B2O2. The molecule has 1 aliphatic rings. The summed E-state index contributed by atoms with van der Waals surface area (Å²) in [5.41, 5.74) is 3.15. The molecule has 1 N–H and O–H groups in total. The van der Waals surface area contributed by atoms with Gasteiger partial charge in [-0.05, 0) is 11.0 Å². The van der Waals surface area contributed by atoms with Crippen molar-refractivity contribution < 1.29 is 9.68 Å². The summed E-state index contributed by atoms with van der Waals surface area (Å²) in [5.74, 6) is 0. The first kappa shape index (κ1) is 10.8. The van der Waals surface area contributed by atoms with Crippen molar-refractivity contribution in [3.8, 4) is 0 Å². The Labute approximate surface area is 92.0 Å². The maximum atomic E-state index is 9.57. The molecular weight excluding hydrogens is 186 g/mol. The highest BCUT2D eigenvalue weighted by Crippen LogP contribution is 2.19. The molecule has 2 nitrogen and oxygen atoms in total. The highest BCUT2D eigenvalue weighted by Gasteiger charge is 2.27. The second kappa shape index (κ2) is 3.69. The zero-order valence-corrected chi connectivity index (χ0v) is 9.45. The van der Waals surface area contributed by atoms with Crippen molar-refractivity contribution in [1.82, 2.24) is 0 Å². The van der Waals surface area contributed by atoms with Crippen molar-refractivity contribution in [2.45, 2.75) is 32.7 Å². The molecule has 0 bridgehead atoms. The van der Waals surface area contributed by atoms with Crippen LogP contribution in [0.5, 0.6) is 0 Å². The highest BCUT2D eigenvalue weighted by molar-refractivity contribution is 6.63. The van der Waals surface area contributed by atoms with Crippen molar-refractivity contribution in [3.63, 3.8) is 0 Å². The molecule has 1 aromatic carbocycles. The normalized spacial score (nSPS) is 15.3. The zero-order valence-electron chi connectivity index (χ0n) is 9.45. The van der Waals surface area contributed by atoms with Crippen LogP contribution in [0.4, 0.5) is 0 Å². The fourth-order valence-electron chi connectivity index (χ4n) is 1.82. The largest absolute Gasteiger partial charge is 0.491 e. The van der Waals surface area contributed by atoms with Crippen LogP contribution in [0.1, 0.15) is 26.3 Å². The summed E-state index contributed by atoms with van der Waals surface area (Å²) in [6.45, 7) is 7.00. The number of hydrogen-bond donors (Lipinski definition) is 1. The first-order valence-corrected chi connectivity index (χ1v) is 5.24. The number of rotatable bonds is 1. The van der Waals surface area contributed by atoms with E-state index in [0.29, 0.717) is 6.61 Å².